The van der Waals surface area contributed by atoms with Gasteiger partial charge in [0.05, 0.1) is 5.69 Å². The molecular formula is C12H19N3S. The highest BCUT2D eigenvalue weighted by molar-refractivity contribution is 7.13. The van der Waals surface area contributed by atoms with Gasteiger partial charge in [0.25, 0.3) is 0 Å². The molecule has 3 nitrogen and oxygen atoms in total. The third kappa shape index (κ3) is 1.74. The lowest BCUT2D eigenvalue weighted by Crippen LogP contribution is -2.42. The van der Waals surface area contributed by atoms with Crippen molar-refractivity contribution in [1.82, 2.24) is 4.98 Å². The monoisotopic (exact) mass is 237 g/mol. The Morgan fingerprint density at radius 2 is 2.25 bits per heavy atom. The van der Waals surface area contributed by atoms with Gasteiger partial charge in [0.15, 0.2) is 5.13 Å². The van der Waals surface area contributed by atoms with Crippen molar-refractivity contribution in [2.45, 2.75) is 44.7 Å². The smallest absolute Gasteiger partial charge is 0.185 e. The van der Waals surface area contributed by atoms with Gasteiger partial charge in [0.2, 0.25) is 0 Å². The summed E-state index contributed by atoms with van der Waals surface area (Å²) in [5, 5.41) is 3.31. The molecule has 0 bridgehead atoms. The molecule has 1 saturated heterocycles. The van der Waals surface area contributed by atoms with Gasteiger partial charge in [-0.2, -0.15) is 0 Å². The second-order valence-corrected chi connectivity index (χ2v) is 5.76. The summed E-state index contributed by atoms with van der Waals surface area (Å²) >= 11 is 1.76. The molecule has 2 heterocycles. The average molecular weight is 237 g/mol. The van der Waals surface area contributed by atoms with Crippen LogP contribution >= 0.6 is 11.3 Å². The topological polar surface area (TPSA) is 42.1 Å². The van der Waals surface area contributed by atoms with Gasteiger partial charge >= 0.3 is 0 Å². The number of thiazole rings is 1. The maximum atomic E-state index is 5.63. The van der Waals surface area contributed by atoms with Crippen molar-refractivity contribution < 1.29 is 0 Å². The number of piperidine rings is 1. The first kappa shape index (κ1) is 10.5. The van der Waals surface area contributed by atoms with Crippen LogP contribution in [0, 0.1) is 5.92 Å². The van der Waals surface area contributed by atoms with E-state index in [1.165, 1.54) is 43.8 Å². The zero-order chi connectivity index (χ0) is 11.0. The van der Waals surface area contributed by atoms with E-state index in [4.69, 9.17) is 5.73 Å². The van der Waals surface area contributed by atoms with Gasteiger partial charge in [-0.1, -0.05) is 6.42 Å². The summed E-state index contributed by atoms with van der Waals surface area (Å²) in [6, 6.07) is 0.769. The molecule has 0 radical (unpaired) electrons. The lowest BCUT2D eigenvalue weighted by molar-refractivity contribution is 0.362. The molecule has 2 N–H and O–H groups in total. The van der Waals surface area contributed by atoms with Crippen LogP contribution in [0.5, 0.6) is 0 Å². The molecule has 1 saturated carbocycles. The van der Waals surface area contributed by atoms with Gasteiger partial charge in [-0.25, -0.2) is 4.98 Å². The van der Waals surface area contributed by atoms with Crippen LogP contribution in [-0.2, 0) is 6.54 Å². The summed E-state index contributed by atoms with van der Waals surface area (Å²) < 4.78 is 0. The van der Waals surface area contributed by atoms with E-state index in [9.17, 15) is 0 Å². The molecule has 88 valence electrons. The minimum Gasteiger partial charge on any atom is -0.345 e. The zero-order valence-electron chi connectivity index (χ0n) is 9.56. The van der Waals surface area contributed by atoms with E-state index in [0.717, 1.165) is 17.7 Å². The molecule has 2 fully saturated rings. The first-order valence-electron chi connectivity index (χ1n) is 6.29. The summed E-state index contributed by atoms with van der Waals surface area (Å²) in [5.41, 5.74) is 6.67. The van der Waals surface area contributed by atoms with Gasteiger partial charge in [0, 0.05) is 24.5 Å². The number of hydrogen-bond acceptors (Lipinski definition) is 4. The fourth-order valence-corrected chi connectivity index (χ4v) is 4.14. The van der Waals surface area contributed by atoms with Crippen molar-refractivity contribution in [1.29, 1.82) is 0 Å². The van der Waals surface area contributed by atoms with Crippen LogP contribution < -0.4 is 10.6 Å². The number of nitrogens with zero attached hydrogens (tertiary/aromatic N) is 2. The maximum absolute atomic E-state index is 5.63. The lowest BCUT2D eigenvalue weighted by Gasteiger charge is -2.37. The third-order valence-electron chi connectivity index (χ3n) is 3.99. The number of rotatable bonds is 2. The largest absolute Gasteiger partial charge is 0.345 e. The van der Waals surface area contributed by atoms with Crippen LogP contribution in [0.15, 0.2) is 5.38 Å². The zero-order valence-corrected chi connectivity index (χ0v) is 10.4. The normalized spacial score (nSPS) is 29.4. The van der Waals surface area contributed by atoms with Crippen LogP contribution in [-0.4, -0.2) is 17.6 Å². The van der Waals surface area contributed by atoms with E-state index >= 15 is 0 Å². The third-order valence-corrected chi connectivity index (χ3v) is 4.91. The van der Waals surface area contributed by atoms with Crippen molar-refractivity contribution in [3.05, 3.63) is 11.1 Å². The van der Waals surface area contributed by atoms with Gasteiger partial charge in [-0.05, 0) is 31.6 Å². The van der Waals surface area contributed by atoms with Crippen LogP contribution in [0.25, 0.3) is 0 Å². The van der Waals surface area contributed by atoms with E-state index in [2.05, 4.69) is 15.3 Å². The fraction of sp³-hybridized carbons (Fsp3) is 0.750. The minimum absolute atomic E-state index is 0.568. The standard InChI is InChI=1S/C12H19N3S/c13-7-10-8-16-12(14-10)15-6-2-4-9-3-1-5-11(9)15/h8-9,11H,1-7,13H2. The Bertz CT molecular complexity index is 363. The van der Waals surface area contributed by atoms with Crippen LogP contribution in [0.3, 0.4) is 0 Å². The van der Waals surface area contributed by atoms with Gasteiger partial charge in [0.1, 0.15) is 0 Å². The van der Waals surface area contributed by atoms with E-state index in [1.54, 1.807) is 11.3 Å². The van der Waals surface area contributed by atoms with Crippen molar-refractivity contribution in [2.75, 3.05) is 11.4 Å². The second-order valence-electron chi connectivity index (χ2n) is 4.92. The van der Waals surface area contributed by atoms with Gasteiger partial charge < -0.3 is 10.6 Å². The Balaban J connectivity index is 1.82. The van der Waals surface area contributed by atoms with E-state index in [-0.39, 0.29) is 0 Å². The van der Waals surface area contributed by atoms with Crippen LogP contribution in [0.2, 0.25) is 0 Å². The molecule has 0 amide bonds. The second kappa shape index (κ2) is 4.34. The molecule has 2 unspecified atom stereocenters. The summed E-state index contributed by atoms with van der Waals surface area (Å²) in [4.78, 5) is 7.18. The minimum atomic E-state index is 0.568. The Morgan fingerprint density at radius 1 is 1.38 bits per heavy atom. The molecule has 0 spiro atoms. The van der Waals surface area contributed by atoms with Crippen molar-refractivity contribution in [3.63, 3.8) is 0 Å². The van der Waals surface area contributed by atoms with Crippen molar-refractivity contribution >= 4 is 16.5 Å². The molecule has 1 aromatic rings. The molecule has 2 aliphatic rings. The summed E-state index contributed by atoms with van der Waals surface area (Å²) in [6.45, 7) is 1.76. The van der Waals surface area contributed by atoms with E-state index in [1.807, 2.05) is 0 Å². The molecule has 1 aromatic heterocycles. The number of anilines is 1. The highest BCUT2D eigenvalue weighted by Gasteiger charge is 2.35. The molecule has 1 aliphatic carbocycles. The summed E-state index contributed by atoms with van der Waals surface area (Å²) in [7, 11) is 0. The van der Waals surface area contributed by atoms with E-state index in [0.29, 0.717) is 6.54 Å². The first-order chi connectivity index (χ1) is 7.88. The Kier molecular flexibility index (Phi) is 2.86. The number of fused-ring (bicyclic) bond motifs is 1. The van der Waals surface area contributed by atoms with Crippen LogP contribution in [0.1, 0.15) is 37.8 Å². The number of aromatic nitrogens is 1. The van der Waals surface area contributed by atoms with Gasteiger partial charge in [-0.3, -0.25) is 0 Å². The summed E-state index contributed by atoms with van der Waals surface area (Å²) in [6.07, 6.45) is 6.95. The Morgan fingerprint density at radius 3 is 3.06 bits per heavy atom. The molecule has 16 heavy (non-hydrogen) atoms. The predicted octanol–water partition coefficient (Wildman–Crippen LogP) is 2.37. The number of hydrogen-bond donors (Lipinski definition) is 1. The molecule has 0 aromatic carbocycles. The molecular weight excluding hydrogens is 218 g/mol. The van der Waals surface area contributed by atoms with Crippen LogP contribution in [0.4, 0.5) is 5.13 Å². The van der Waals surface area contributed by atoms with Crippen molar-refractivity contribution in [3.8, 4) is 0 Å². The lowest BCUT2D eigenvalue weighted by atomic mass is 9.92. The molecule has 1 aliphatic heterocycles. The average Bonchev–Trinajstić information content (AvgIpc) is 2.97. The Labute approximate surface area is 101 Å². The van der Waals surface area contributed by atoms with Gasteiger partial charge in [-0.15, -0.1) is 11.3 Å². The molecule has 3 rings (SSSR count). The highest BCUT2D eigenvalue weighted by atomic mass is 32.1. The number of nitrogens with two attached hydrogens (primary N) is 1. The molecule has 2 atom stereocenters. The van der Waals surface area contributed by atoms with Crippen molar-refractivity contribution in [2.24, 2.45) is 11.7 Å². The molecule has 4 heteroatoms. The predicted molar refractivity (Wildman–Crippen MR) is 67.7 cm³/mol. The summed E-state index contributed by atoms with van der Waals surface area (Å²) in [5.74, 6) is 0.930. The Hall–Kier alpha value is -0.610. The highest BCUT2D eigenvalue weighted by Crippen LogP contribution is 2.39. The maximum Gasteiger partial charge on any atom is 0.185 e. The quantitative estimate of drug-likeness (QED) is 0.858. The van der Waals surface area contributed by atoms with E-state index < -0.39 is 0 Å². The SMILES string of the molecule is NCc1csc(N2CCCC3CCCC32)n1. The fourth-order valence-electron chi connectivity index (χ4n) is 3.21. The first-order valence-corrected chi connectivity index (χ1v) is 7.17.